The summed E-state index contributed by atoms with van der Waals surface area (Å²) in [6.45, 7) is 0.547. The Morgan fingerprint density at radius 1 is 1.14 bits per heavy atom. The predicted octanol–water partition coefficient (Wildman–Crippen LogP) is 4.28. The second-order valence-electron chi connectivity index (χ2n) is 6.99. The van der Waals surface area contributed by atoms with Gasteiger partial charge in [-0.25, -0.2) is 4.98 Å². The van der Waals surface area contributed by atoms with E-state index in [0.717, 1.165) is 35.3 Å². The summed E-state index contributed by atoms with van der Waals surface area (Å²) in [5.74, 6) is 7.18. The molecule has 1 aliphatic carbocycles. The Balaban J connectivity index is 1.56. The second kappa shape index (κ2) is 8.62. The molecule has 144 valence electrons. The summed E-state index contributed by atoms with van der Waals surface area (Å²) < 4.78 is 6.84. The Kier molecular flexibility index (Phi) is 5.58. The van der Waals surface area contributed by atoms with E-state index in [1.54, 1.807) is 18.0 Å². The summed E-state index contributed by atoms with van der Waals surface area (Å²) in [5, 5.41) is 0.601. The minimum atomic E-state index is -0.0336. The zero-order chi connectivity index (χ0) is 20.1. The largest absolute Gasteiger partial charge is 0.497 e. The number of methoxy groups -OCH3 is 1. The van der Waals surface area contributed by atoms with Gasteiger partial charge < -0.3 is 4.74 Å². The molecule has 0 amide bonds. The fraction of sp³-hybridized carbons (Fsp3) is 0.200. The van der Waals surface area contributed by atoms with Crippen molar-refractivity contribution in [2.75, 3.05) is 7.11 Å². The highest BCUT2D eigenvalue weighted by Gasteiger charge is 2.07. The maximum atomic E-state index is 12.9. The van der Waals surface area contributed by atoms with Crippen molar-refractivity contribution in [3.05, 3.63) is 94.1 Å². The Morgan fingerprint density at radius 2 is 2.00 bits per heavy atom. The van der Waals surface area contributed by atoms with E-state index < -0.39 is 0 Å². The number of nitrogens with zero attached hydrogens (tertiary/aromatic N) is 2. The van der Waals surface area contributed by atoms with Gasteiger partial charge in [-0.05, 0) is 54.3 Å². The molecule has 0 unspecified atom stereocenters. The third-order valence-corrected chi connectivity index (χ3v) is 4.93. The summed E-state index contributed by atoms with van der Waals surface area (Å²) >= 11 is 0. The summed E-state index contributed by atoms with van der Waals surface area (Å²) in [5.41, 5.74) is 3.75. The van der Waals surface area contributed by atoms with Crippen LogP contribution in [0.2, 0.25) is 0 Å². The van der Waals surface area contributed by atoms with Crippen LogP contribution in [-0.2, 0) is 13.0 Å². The number of aromatic nitrogens is 2. The van der Waals surface area contributed by atoms with Gasteiger partial charge in [0.25, 0.3) is 5.56 Å². The van der Waals surface area contributed by atoms with Crippen molar-refractivity contribution >= 4 is 10.9 Å². The lowest BCUT2D eigenvalue weighted by Crippen LogP contribution is -2.21. The number of benzene rings is 2. The maximum absolute atomic E-state index is 12.9. The van der Waals surface area contributed by atoms with Crippen LogP contribution in [0.25, 0.3) is 10.9 Å². The third kappa shape index (κ3) is 4.47. The molecule has 1 aromatic heterocycles. The van der Waals surface area contributed by atoms with E-state index in [0.29, 0.717) is 23.9 Å². The van der Waals surface area contributed by atoms with Gasteiger partial charge in [0.2, 0.25) is 0 Å². The van der Waals surface area contributed by atoms with E-state index in [9.17, 15) is 4.79 Å². The standard InChI is InChI=1S/C25H22N2O2/c1-29-22-13-10-19(11-14-22)8-5-9-20-12-15-24-23(16-20)25(28)27(18-26-24)17-21-6-3-2-4-7-21/h3,6-7,10-16,18H,2,4,8,17H2,1H3. The van der Waals surface area contributed by atoms with Crippen LogP contribution >= 0.6 is 0 Å². The molecule has 4 nitrogen and oxygen atoms in total. The fourth-order valence-corrected chi connectivity index (χ4v) is 3.32. The van der Waals surface area contributed by atoms with E-state index in [1.807, 2.05) is 42.5 Å². The monoisotopic (exact) mass is 382 g/mol. The van der Waals surface area contributed by atoms with Gasteiger partial charge in [0.15, 0.2) is 0 Å². The average molecular weight is 382 g/mol. The first-order valence-corrected chi connectivity index (χ1v) is 9.69. The van der Waals surface area contributed by atoms with Crippen LogP contribution in [0.5, 0.6) is 5.75 Å². The first-order valence-electron chi connectivity index (χ1n) is 9.69. The molecule has 0 radical (unpaired) electrons. The second-order valence-corrected chi connectivity index (χ2v) is 6.99. The van der Waals surface area contributed by atoms with Gasteiger partial charge in [0, 0.05) is 12.0 Å². The SMILES string of the molecule is COc1ccc(CC#Cc2ccc3ncn(CC4=CCCC=C4)c(=O)c3c2)cc1. The van der Waals surface area contributed by atoms with Gasteiger partial charge in [-0.1, -0.05) is 42.2 Å². The normalized spacial score (nSPS) is 12.9. The van der Waals surface area contributed by atoms with Gasteiger partial charge >= 0.3 is 0 Å². The van der Waals surface area contributed by atoms with Crippen molar-refractivity contribution in [2.45, 2.75) is 25.8 Å². The number of hydrogen-bond donors (Lipinski definition) is 0. The summed E-state index contributed by atoms with van der Waals surface area (Å²) in [4.78, 5) is 17.4. The van der Waals surface area contributed by atoms with Gasteiger partial charge in [-0.2, -0.15) is 0 Å². The molecule has 0 bridgehead atoms. The van der Waals surface area contributed by atoms with Crippen LogP contribution in [0.4, 0.5) is 0 Å². The summed E-state index contributed by atoms with van der Waals surface area (Å²) in [6.07, 6.45) is 10.8. The maximum Gasteiger partial charge on any atom is 0.261 e. The number of rotatable bonds is 4. The zero-order valence-corrected chi connectivity index (χ0v) is 16.4. The molecule has 0 N–H and O–H groups in total. The fourth-order valence-electron chi connectivity index (χ4n) is 3.32. The van der Waals surface area contributed by atoms with E-state index in [1.165, 1.54) is 0 Å². The minimum absolute atomic E-state index is 0.0336. The van der Waals surface area contributed by atoms with Crippen LogP contribution in [0, 0.1) is 11.8 Å². The lowest BCUT2D eigenvalue weighted by atomic mass is 10.1. The summed E-state index contributed by atoms with van der Waals surface area (Å²) in [6, 6.07) is 13.5. The zero-order valence-electron chi connectivity index (χ0n) is 16.4. The third-order valence-electron chi connectivity index (χ3n) is 4.93. The Bertz CT molecular complexity index is 1210. The van der Waals surface area contributed by atoms with Gasteiger partial charge in [-0.15, -0.1) is 0 Å². The summed E-state index contributed by atoms with van der Waals surface area (Å²) in [7, 11) is 1.65. The molecule has 0 aliphatic heterocycles. The Labute approximate surface area is 170 Å². The lowest BCUT2D eigenvalue weighted by Gasteiger charge is -2.10. The van der Waals surface area contributed by atoms with Crippen molar-refractivity contribution < 1.29 is 4.74 Å². The molecule has 1 aliphatic rings. The van der Waals surface area contributed by atoms with Crippen molar-refractivity contribution in [2.24, 2.45) is 0 Å². The minimum Gasteiger partial charge on any atom is -0.497 e. The molecular formula is C25H22N2O2. The lowest BCUT2D eigenvalue weighted by molar-refractivity contribution is 0.414. The molecule has 3 aromatic rings. The van der Waals surface area contributed by atoms with E-state index in [-0.39, 0.29) is 5.56 Å². The topological polar surface area (TPSA) is 44.1 Å². The van der Waals surface area contributed by atoms with E-state index in [4.69, 9.17) is 4.74 Å². The van der Waals surface area contributed by atoms with Crippen LogP contribution in [0.1, 0.15) is 24.0 Å². The molecule has 0 saturated carbocycles. The van der Waals surface area contributed by atoms with Crippen molar-refractivity contribution in [1.29, 1.82) is 0 Å². The van der Waals surface area contributed by atoms with Gasteiger partial charge in [0.1, 0.15) is 5.75 Å². The molecule has 0 atom stereocenters. The molecule has 2 aromatic carbocycles. The Morgan fingerprint density at radius 3 is 2.76 bits per heavy atom. The van der Waals surface area contributed by atoms with Crippen molar-refractivity contribution in [3.8, 4) is 17.6 Å². The molecule has 0 fully saturated rings. The van der Waals surface area contributed by atoms with Gasteiger partial charge in [0.05, 0.1) is 30.9 Å². The predicted molar refractivity (Wildman–Crippen MR) is 116 cm³/mol. The Hall–Kier alpha value is -3.58. The molecule has 1 heterocycles. The number of ether oxygens (including phenoxy) is 1. The number of allylic oxidation sites excluding steroid dienone is 4. The van der Waals surface area contributed by atoms with Crippen LogP contribution < -0.4 is 10.3 Å². The average Bonchev–Trinajstić information content (AvgIpc) is 2.77. The highest BCUT2D eigenvalue weighted by Crippen LogP contribution is 2.14. The number of fused-ring (bicyclic) bond motifs is 1. The van der Waals surface area contributed by atoms with Crippen LogP contribution in [-0.4, -0.2) is 16.7 Å². The molecule has 29 heavy (non-hydrogen) atoms. The molecule has 0 spiro atoms. The van der Waals surface area contributed by atoms with Crippen molar-refractivity contribution in [1.82, 2.24) is 9.55 Å². The van der Waals surface area contributed by atoms with Crippen molar-refractivity contribution in [3.63, 3.8) is 0 Å². The molecule has 4 rings (SSSR count). The molecule has 0 saturated heterocycles. The van der Waals surface area contributed by atoms with E-state index in [2.05, 4.69) is 35.1 Å². The van der Waals surface area contributed by atoms with Gasteiger partial charge in [-0.3, -0.25) is 9.36 Å². The molecular weight excluding hydrogens is 360 g/mol. The highest BCUT2D eigenvalue weighted by atomic mass is 16.5. The number of hydrogen-bond acceptors (Lipinski definition) is 3. The molecule has 4 heteroatoms. The highest BCUT2D eigenvalue weighted by molar-refractivity contribution is 5.79. The van der Waals surface area contributed by atoms with Crippen LogP contribution in [0.15, 0.2) is 77.4 Å². The first-order chi connectivity index (χ1) is 14.2. The van der Waals surface area contributed by atoms with E-state index >= 15 is 0 Å². The first kappa shape index (κ1) is 18.8. The smallest absolute Gasteiger partial charge is 0.261 e. The quantitative estimate of drug-likeness (QED) is 0.633. The van der Waals surface area contributed by atoms with Crippen LogP contribution in [0.3, 0.4) is 0 Å².